The Morgan fingerprint density at radius 1 is 1.26 bits per heavy atom. The van der Waals surface area contributed by atoms with Gasteiger partial charge in [-0.1, -0.05) is 6.08 Å². The summed E-state index contributed by atoms with van der Waals surface area (Å²) in [5.74, 6) is 0. The normalized spacial score (nSPS) is 20.4. The van der Waals surface area contributed by atoms with Gasteiger partial charge < -0.3 is 14.9 Å². The summed E-state index contributed by atoms with van der Waals surface area (Å²) in [5.41, 5.74) is -0.388. The Balaban J connectivity index is 2.19. The Kier molecular flexibility index (Phi) is 6.96. The number of ether oxygens (including phenoxy) is 1. The molecule has 1 aliphatic rings. The number of rotatable bonds is 8. The van der Waals surface area contributed by atoms with Gasteiger partial charge >= 0.3 is 0 Å². The smallest absolute Gasteiger partial charge is 0.0900 e. The number of β-amino-alcohol motifs (C(OH)–C–C–N with tert-alkyl or cyclic N) is 2. The Morgan fingerprint density at radius 2 is 1.84 bits per heavy atom. The number of nitrogens with zero attached hydrogens (tertiary/aromatic N) is 2. The van der Waals surface area contributed by atoms with Crippen molar-refractivity contribution >= 4 is 0 Å². The lowest BCUT2D eigenvalue weighted by Crippen LogP contribution is -2.49. The summed E-state index contributed by atoms with van der Waals surface area (Å²) in [4.78, 5) is 4.48. The first-order valence-corrected chi connectivity index (χ1v) is 6.98. The van der Waals surface area contributed by atoms with E-state index >= 15 is 0 Å². The lowest BCUT2D eigenvalue weighted by atomic mass is 10.1. The predicted molar refractivity (Wildman–Crippen MR) is 76.2 cm³/mol. The number of hydrogen-bond acceptors (Lipinski definition) is 5. The van der Waals surface area contributed by atoms with Gasteiger partial charge in [-0.05, 0) is 13.8 Å². The SMILES string of the molecule is C=CC(C)(C)OCC(O)CN1CCN(CCO)CC1. The molecule has 0 aliphatic carbocycles. The molecule has 5 heteroatoms. The van der Waals surface area contributed by atoms with E-state index in [4.69, 9.17) is 9.84 Å². The van der Waals surface area contributed by atoms with Crippen molar-refractivity contribution in [1.29, 1.82) is 0 Å². The molecule has 1 saturated heterocycles. The van der Waals surface area contributed by atoms with Crippen LogP contribution in [0.4, 0.5) is 0 Å². The Labute approximate surface area is 116 Å². The summed E-state index contributed by atoms with van der Waals surface area (Å²) < 4.78 is 5.60. The van der Waals surface area contributed by atoms with Crippen molar-refractivity contribution in [3.05, 3.63) is 12.7 Å². The van der Waals surface area contributed by atoms with Crippen LogP contribution < -0.4 is 0 Å². The maximum Gasteiger partial charge on any atom is 0.0900 e. The number of hydrogen-bond donors (Lipinski definition) is 2. The van der Waals surface area contributed by atoms with Crippen LogP contribution in [0, 0.1) is 0 Å². The van der Waals surface area contributed by atoms with Crippen molar-refractivity contribution in [2.24, 2.45) is 0 Å². The largest absolute Gasteiger partial charge is 0.395 e. The van der Waals surface area contributed by atoms with Gasteiger partial charge in [0.05, 0.1) is 24.9 Å². The zero-order chi connectivity index (χ0) is 14.3. The topological polar surface area (TPSA) is 56.2 Å². The van der Waals surface area contributed by atoms with Gasteiger partial charge in [0.25, 0.3) is 0 Å². The average Bonchev–Trinajstić information content (AvgIpc) is 2.39. The van der Waals surface area contributed by atoms with Crippen LogP contribution in [0.1, 0.15) is 13.8 Å². The fraction of sp³-hybridized carbons (Fsp3) is 0.857. The molecule has 1 aliphatic heterocycles. The van der Waals surface area contributed by atoms with Crippen LogP contribution >= 0.6 is 0 Å². The zero-order valence-corrected chi connectivity index (χ0v) is 12.2. The molecule has 1 fully saturated rings. The van der Waals surface area contributed by atoms with E-state index in [1.165, 1.54) is 0 Å². The van der Waals surface area contributed by atoms with Gasteiger partial charge in [-0.25, -0.2) is 0 Å². The van der Waals surface area contributed by atoms with Crippen molar-refractivity contribution in [2.75, 3.05) is 52.5 Å². The molecule has 5 nitrogen and oxygen atoms in total. The highest BCUT2D eigenvalue weighted by Gasteiger charge is 2.20. The van der Waals surface area contributed by atoms with E-state index in [1.54, 1.807) is 6.08 Å². The fourth-order valence-corrected chi connectivity index (χ4v) is 2.06. The lowest BCUT2D eigenvalue weighted by molar-refractivity contribution is -0.0451. The Hall–Kier alpha value is -0.460. The molecular weight excluding hydrogens is 244 g/mol. The van der Waals surface area contributed by atoms with Crippen LogP contribution in [-0.4, -0.2) is 84.2 Å². The van der Waals surface area contributed by atoms with Crippen molar-refractivity contribution < 1.29 is 14.9 Å². The lowest BCUT2D eigenvalue weighted by Gasteiger charge is -2.35. The summed E-state index contributed by atoms with van der Waals surface area (Å²) in [6, 6.07) is 0. The number of aliphatic hydroxyl groups excluding tert-OH is 2. The van der Waals surface area contributed by atoms with Gasteiger partial charge in [0.15, 0.2) is 0 Å². The molecule has 1 atom stereocenters. The minimum absolute atomic E-state index is 0.215. The standard InChI is InChI=1S/C14H28N2O3/c1-4-14(2,3)19-12-13(18)11-16-7-5-15(6-8-16)9-10-17/h4,13,17-18H,1,5-12H2,2-3H3. The molecule has 19 heavy (non-hydrogen) atoms. The van der Waals surface area contributed by atoms with Crippen molar-refractivity contribution in [2.45, 2.75) is 25.6 Å². The van der Waals surface area contributed by atoms with Crippen LogP contribution in [0.2, 0.25) is 0 Å². The zero-order valence-electron chi connectivity index (χ0n) is 12.2. The molecular formula is C14H28N2O3. The third kappa shape index (κ3) is 6.49. The maximum absolute atomic E-state index is 9.97. The van der Waals surface area contributed by atoms with E-state index in [9.17, 15) is 5.11 Å². The predicted octanol–water partition coefficient (Wildman–Crippen LogP) is -0.0616. The highest BCUT2D eigenvalue weighted by Crippen LogP contribution is 2.11. The molecule has 0 aromatic rings. The molecule has 0 aromatic carbocycles. The van der Waals surface area contributed by atoms with Crippen LogP contribution in [0.5, 0.6) is 0 Å². The summed E-state index contributed by atoms with van der Waals surface area (Å²) in [6.45, 7) is 13.3. The van der Waals surface area contributed by atoms with E-state index in [0.717, 1.165) is 32.7 Å². The second-order valence-corrected chi connectivity index (χ2v) is 5.64. The molecule has 0 spiro atoms. The van der Waals surface area contributed by atoms with Crippen LogP contribution in [0.25, 0.3) is 0 Å². The monoisotopic (exact) mass is 272 g/mol. The summed E-state index contributed by atoms with van der Waals surface area (Å²) in [5, 5.41) is 18.9. The molecule has 0 bridgehead atoms. The van der Waals surface area contributed by atoms with Crippen LogP contribution in [-0.2, 0) is 4.74 Å². The average molecular weight is 272 g/mol. The molecule has 1 rings (SSSR count). The molecule has 2 N–H and O–H groups in total. The summed E-state index contributed by atoms with van der Waals surface area (Å²) in [7, 11) is 0. The maximum atomic E-state index is 9.97. The van der Waals surface area contributed by atoms with E-state index < -0.39 is 6.10 Å². The molecule has 1 unspecified atom stereocenters. The van der Waals surface area contributed by atoms with Gasteiger partial charge in [-0.3, -0.25) is 9.80 Å². The third-order valence-corrected chi connectivity index (χ3v) is 3.49. The first-order valence-electron chi connectivity index (χ1n) is 6.98. The van der Waals surface area contributed by atoms with E-state index in [0.29, 0.717) is 13.2 Å². The minimum Gasteiger partial charge on any atom is -0.395 e. The van der Waals surface area contributed by atoms with E-state index in [2.05, 4.69) is 16.4 Å². The van der Waals surface area contributed by atoms with Gasteiger partial charge in [0.1, 0.15) is 0 Å². The summed E-state index contributed by atoms with van der Waals surface area (Å²) >= 11 is 0. The second kappa shape index (κ2) is 7.97. The number of piperazine rings is 1. The van der Waals surface area contributed by atoms with Crippen LogP contribution in [0.3, 0.4) is 0 Å². The molecule has 1 heterocycles. The third-order valence-electron chi connectivity index (χ3n) is 3.49. The number of aliphatic hydroxyl groups is 2. The molecule has 0 radical (unpaired) electrons. The van der Waals surface area contributed by atoms with Crippen LogP contribution in [0.15, 0.2) is 12.7 Å². The highest BCUT2D eigenvalue weighted by molar-refractivity contribution is 4.89. The minimum atomic E-state index is -0.469. The summed E-state index contributed by atoms with van der Waals surface area (Å²) in [6.07, 6.45) is 1.27. The second-order valence-electron chi connectivity index (χ2n) is 5.64. The first-order chi connectivity index (χ1) is 8.96. The van der Waals surface area contributed by atoms with Crippen molar-refractivity contribution in [3.63, 3.8) is 0 Å². The molecule has 112 valence electrons. The van der Waals surface area contributed by atoms with Gasteiger partial charge in [0.2, 0.25) is 0 Å². The van der Waals surface area contributed by atoms with Gasteiger partial charge in [-0.2, -0.15) is 0 Å². The molecule has 0 saturated carbocycles. The van der Waals surface area contributed by atoms with E-state index in [1.807, 2.05) is 13.8 Å². The van der Waals surface area contributed by atoms with Gasteiger partial charge in [0, 0.05) is 39.3 Å². The quantitative estimate of drug-likeness (QED) is 0.606. The molecule has 0 aromatic heterocycles. The van der Waals surface area contributed by atoms with Crippen molar-refractivity contribution in [1.82, 2.24) is 9.80 Å². The Morgan fingerprint density at radius 3 is 2.37 bits per heavy atom. The fourth-order valence-electron chi connectivity index (χ4n) is 2.06. The Bertz CT molecular complexity index is 263. The first kappa shape index (κ1) is 16.6. The van der Waals surface area contributed by atoms with Gasteiger partial charge in [-0.15, -0.1) is 6.58 Å². The van der Waals surface area contributed by atoms with Crippen molar-refractivity contribution in [3.8, 4) is 0 Å². The molecule has 0 amide bonds. The highest BCUT2D eigenvalue weighted by atomic mass is 16.5. The van der Waals surface area contributed by atoms with E-state index in [-0.39, 0.29) is 12.2 Å².